The van der Waals surface area contributed by atoms with E-state index in [0.29, 0.717) is 37.0 Å². The number of allylic oxidation sites excluding steroid dienone is 1. The van der Waals surface area contributed by atoms with E-state index in [0.717, 1.165) is 31.3 Å². The van der Waals surface area contributed by atoms with Crippen LogP contribution in [0.2, 0.25) is 0 Å². The van der Waals surface area contributed by atoms with Gasteiger partial charge in [-0.1, -0.05) is 6.92 Å². The Morgan fingerprint density at radius 2 is 1.91 bits per heavy atom. The van der Waals surface area contributed by atoms with Crippen LogP contribution >= 0.6 is 0 Å². The largest absolute Gasteiger partial charge is 0.459 e. The summed E-state index contributed by atoms with van der Waals surface area (Å²) in [5.74, 6) is 1.28. The Hall–Kier alpha value is -1.16. The van der Waals surface area contributed by atoms with E-state index < -0.39 is 6.10 Å². The van der Waals surface area contributed by atoms with Crippen molar-refractivity contribution in [2.45, 2.75) is 70.5 Å². The Bertz CT molecular complexity index is 594. The fraction of sp³-hybridized carbons (Fsp3) is 0.789. The molecule has 4 rings (SSSR count). The number of aliphatic hydroxyl groups is 1. The summed E-state index contributed by atoms with van der Waals surface area (Å²) in [6.07, 6.45) is 6.62. The standard InChI is InChI=1S/C19H26O4/c1-18-7-5-11(20)9-15(18)16(21)10-12-13(18)6-8-19(2)14(12)3-4-17(22)23-19/h9,12-14,16,21H,3-8,10H2,1-2H3/t12-,13+,14-,16+,18-,19-/m1/s1. The van der Waals surface area contributed by atoms with Crippen LogP contribution in [-0.4, -0.2) is 28.6 Å². The second-order valence-corrected chi connectivity index (χ2v) is 8.48. The second kappa shape index (κ2) is 4.92. The van der Waals surface area contributed by atoms with E-state index in [1.807, 2.05) is 0 Å². The third-order valence-electron chi connectivity index (χ3n) is 7.32. The van der Waals surface area contributed by atoms with Gasteiger partial charge in [-0.3, -0.25) is 9.59 Å². The summed E-state index contributed by atoms with van der Waals surface area (Å²) < 4.78 is 5.76. The molecule has 0 radical (unpaired) electrons. The van der Waals surface area contributed by atoms with Gasteiger partial charge in [0.25, 0.3) is 0 Å². The van der Waals surface area contributed by atoms with E-state index in [4.69, 9.17) is 4.74 Å². The molecule has 0 spiro atoms. The van der Waals surface area contributed by atoms with Crippen LogP contribution in [0, 0.1) is 23.2 Å². The van der Waals surface area contributed by atoms with Crippen LogP contribution in [-0.2, 0) is 14.3 Å². The lowest BCUT2D eigenvalue weighted by Crippen LogP contribution is -2.58. The van der Waals surface area contributed by atoms with Crippen LogP contribution in [0.25, 0.3) is 0 Å². The molecule has 2 saturated carbocycles. The van der Waals surface area contributed by atoms with E-state index in [2.05, 4.69) is 13.8 Å². The Labute approximate surface area is 137 Å². The lowest BCUT2D eigenvalue weighted by Gasteiger charge is -2.60. The number of aliphatic hydroxyl groups excluding tert-OH is 1. The van der Waals surface area contributed by atoms with Crippen molar-refractivity contribution in [2.75, 3.05) is 0 Å². The summed E-state index contributed by atoms with van der Waals surface area (Å²) in [4.78, 5) is 23.6. The molecule has 1 aliphatic heterocycles. The summed E-state index contributed by atoms with van der Waals surface area (Å²) in [5, 5.41) is 10.7. The molecule has 1 N–H and O–H groups in total. The molecule has 0 amide bonds. The van der Waals surface area contributed by atoms with Gasteiger partial charge in [0.2, 0.25) is 0 Å². The minimum Gasteiger partial charge on any atom is -0.459 e. The number of ketones is 1. The van der Waals surface area contributed by atoms with Gasteiger partial charge in [0.05, 0.1) is 6.10 Å². The molecular formula is C19H26O4. The van der Waals surface area contributed by atoms with Gasteiger partial charge in [-0.25, -0.2) is 0 Å². The fourth-order valence-electron chi connectivity index (χ4n) is 6.12. The lowest BCUT2D eigenvalue weighted by molar-refractivity contribution is -0.197. The highest BCUT2D eigenvalue weighted by molar-refractivity contribution is 5.91. The average Bonchev–Trinajstić information content (AvgIpc) is 2.48. The smallest absolute Gasteiger partial charge is 0.306 e. The molecule has 6 atom stereocenters. The summed E-state index contributed by atoms with van der Waals surface area (Å²) in [6.45, 7) is 4.32. The van der Waals surface area contributed by atoms with Gasteiger partial charge in [0.1, 0.15) is 5.60 Å². The van der Waals surface area contributed by atoms with Crippen LogP contribution in [0.5, 0.6) is 0 Å². The Morgan fingerprint density at radius 1 is 1.13 bits per heavy atom. The van der Waals surface area contributed by atoms with E-state index in [9.17, 15) is 14.7 Å². The van der Waals surface area contributed by atoms with Gasteiger partial charge in [-0.15, -0.1) is 0 Å². The molecule has 1 saturated heterocycles. The molecule has 3 aliphatic carbocycles. The first kappa shape index (κ1) is 15.4. The first-order valence-corrected chi connectivity index (χ1v) is 8.98. The number of esters is 1. The molecule has 1 heterocycles. The molecule has 0 bridgehead atoms. The van der Waals surface area contributed by atoms with Crippen LogP contribution in [0.15, 0.2) is 11.6 Å². The van der Waals surface area contributed by atoms with Crippen LogP contribution in [0.1, 0.15) is 58.8 Å². The molecular weight excluding hydrogens is 292 g/mol. The normalized spacial score (nSPS) is 49.4. The number of ether oxygens (including phenoxy) is 1. The third kappa shape index (κ3) is 2.14. The highest BCUT2D eigenvalue weighted by atomic mass is 16.6. The number of fused-ring (bicyclic) bond motifs is 5. The van der Waals surface area contributed by atoms with E-state index in [1.54, 1.807) is 6.08 Å². The maximum atomic E-state index is 11.8. The van der Waals surface area contributed by atoms with E-state index in [-0.39, 0.29) is 22.8 Å². The van der Waals surface area contributed by atoms with E-state index in [1.165, 1.54) is 0 Å². The Balaban J connectivity index is 1.71. The van der Waals surface area contributed by atoms with Crippen LogP contribution in [0.3, 0.4) is 0 Å². The third-order valence-corrected chi connectivity index (χ3v) is 7.32. The maximum absolute atomic E-state index is 11.8. The molecule has 23 heavy (non-hydrogen) atoms. The SMILES string of the molecule is C[C@@]12CC[C@H]3[C@@H](C[C@H](O)C4=CC(=O)CC[C@@]43C)[C@H]1CCC(=O)O2. The summed E-state index contributed by atoms with van der Waals surface area (Å²) >= 11 is 0. The van der Waals surface area contributed by atoms with Crippen molar-refractivity contribution < 1.29 is 19.4 Å². The van der Waals surface area contributed by atoms with Crippen LogP contribution < -0.4 is 0 Å². The predicted octanol–water partition coefficient (Wildman–Crippen LogP) is 2.78. The van der Waals surface area contributed by atoms with Gasteiger partial charge in [-0.05, 0) is 67.9 Å². The summed E-state index contributed by atoms with van der Waals surface area (Å²) in [6, 6.07) is 0. The van der Waals surface area contributed by atoms with Crippen molar-refractivity contribution in [1.82, 2.24) is 0 Å². The van der Waals surface area contributed by atoms with Gasteiger partial charge in [0, 0.05) is 18.8 Å². The molecule has 0 unspecified atom stereocenters. The molecule has 4 aliphatic rings. The Morgan fingerprint density at radius 3 is 2.70 bits per heavy atom. The van der Waals surface area contributed by atoms with Crippen molar-refractivity contribution >= 4 is 11.8 Å². The predicted molar refractivity (Wildman–Crippen MR) is 84.5 cm³/mol. The number of carbonyl (C=O) groups excluding carboxylic acids is 2. The number of carbonyl (C=O) groups is 2. The van der Waals surface area contributed by atoms with Gasteiger partial charge in [0.15, 0.2) is 5.78 Å². The molecule has 126 valence electrons. The minimum atomic E-state index is -0.523. The number of hydrogen-bond acceptors (Lipinski definition) is 4. The average molecular weight is 318 g/mol. The lowest BCUT2D eigenvalue weighted by atomic mass is 9.47. The van der Waals surface area contributed by atoms with Crippen molar-refractivity contribution in [2.24, 2.45) is 23.2 Å². The monoisotopic (exact) mass is 318 g/mol. The van der Waals surface area contributed by atoms with Crippen molar-refractivity contribution in [3.8, 4) is 0 Å². The zero-order valence-corrected chi connectivity index (χ0v) is 14.0. The minimum absolute atomic E-state index is 0.0704. The summed E-state index contributed by atoms with van der Waals surface area (Å²) in [7, 11) is 0. The van der Waals surface area contributed by atoms with Crippen molar-refractivity contribution in [1.29, 1.82) is 0 Å². The maximum Gasteiger partial charge on any atom is 0.306 e. The quantitative estimate of drug-likeness (QED) is 0.698. The summed E-state index contributed by atoms with van der Waals surface area (Å²) in [5.41, 5.74) is 0.531. The first-order chi connectivity index (χ1) is 10.8. The first-order valence-electron chi connectivity index (χ1n) is 8.98. The second-order valence-electron chi connectivity index (χ2n) is 8.48. The molecule has 0 aromatic rings. The van der Waals surface area contributed by atoms with Crippen molar-refractivity contribution in [3.63, 3.8) is 0 Å². The van der Waals surface area contributed by atoms with Gasteiger partial charge in [-0.2, -0.15) is 0 Å². The highest BCUT2D eigenvalue weighted by Gasteiger charge is 2.59. The van der Waals surface area contributed by atoms with Gasteiger partial charge < -0.3 is 9.84 Å². The zero-order valence-electron chi connectivity index (χ0n) is 14.0. The van der Waals surface area contributed by atoms with Crippen LogP contribution in [0.4, 0.5) is 0 Å². The van der Waals surface area contributed by atoms with E-state index >= 15 is 0 Å². The van der Waals surface area contributed by atoms with Crippen molar-refractivity contribution in [3.05, 3.63) is 11.6 Å². The molecule has 0 aromatic heterocycles. The highest BCUT2D eigenvalue weighted by Crippen LogP contribution is 2.61. The topological polar surface area (TPSA) is 63.6 Å². The zero-order chi connectivity index (χ0) is 16.4. The Kier molecular flexibility index (Phi) is 3.29. The number of rotatable bonds is 0. The molecule has 0 aromatic carbocycles. The molecule has 4 heteroatoms. The van der Waals surface area contributed by atoms with Gasteiger partial charge >= 0.3 is 5.97 Å². The molecule has 3 fully saturated rings. The fourth-order valence-corrected chi connectivity index (χ4v) is 6.12. The molecule has 4 nitrogen and oxygen atoms in total. The number of hydrogen-bond donors (Lipinski definition) is 1.